The quantitative estimate of drug-likeness (QED) is 0.863. The van der Waals surface area contributed by atoms with Crippen LogP contribution in [0.4, 0.5) is 0 Å². The van der Waals surface area contributed by atoms with Crippen molar-refractivity contribution in [1.82, 2.24) is 9.88 Å². The lowest BCUT2D eigenvalue weighted by Gasteiger charge is -2.19. The molecule has 1 aromatic rings. The van der Waals surface area contributed by atoms with Gasteiger partial charge < -0.3 is 14.4 Å². The Morgan fingerprint density at radius 3 is 3.00 bits per heavy atom. The van der Waals surface area contributed by atoms with Gasteiger partial charge in [-0.05, 0) is 32.7 Å². The van der Waals surface area contributed by atoms with Crippen LogP contribution in [0.3, 0.4) is 0 Å². The van der Waals surface area contributed by atoms with Crippen LogP contribution in [-0.4, -0.2) is 40.1 Å². The van der Waals surface area contributed by atoms with Gasteiger partial charge in [0.15, 0.2) is 5.89 Å². The highest BCUT2D eigenvalue weighted by molar-refractivity contribution is 5.83. The molecule has 17 heavy (non-hydrogen) atoms. The van der Waals surface area contributed by atoms with E-state index >= 15 is 0 Å². The maximum Gasteiger partial charge on any atom is 0.373 e. The first-order valence-corrected chi connectivity index (χ1v) is 5.98. The Morgan fingerprint density at radius 1 is 1.71 bits per heavy atom. The van der Waals surface area contributed by atoms with Crippen LogP contribution in [0, 0.1) is 5.92 Å². The predicted octanol–water partition coefficient (Wildman–Crippen LogP) is 1.65. The van der Waals surface area contributed by atoms with Crippen molar-refractivity contribution in [2.24, 2.45) is 5.92 Å². The topological polar surface area (TPSA) is 66.6 Å². The third-order valence-corrected chi connectivity index (χ3v) is 3.28. The van der Waals surface area contributed by atoms with Crippen LogP contribution in [0.25, 0.3) is 0 Å². The molecule has 1 saturated heterocycles. The molecule has 1 N–H and O–H groups in total. The summed E-state index contributed by atoms with van der Waals surface area (Å²) in [6, 6.07) is 0.569. The zero-order chi connectivity index (χ0) is 12.4. The highest BCUT2D eigenvalue weighted by Gasteiger charge is 2.25. The lowest BCUT2D eigenvalue weighted by molar-refractivity contribution is 0.0660. The van der Waals surface area contributed by atoms with E-state index in [1.54, 1.807) is 0 Å². The highest BCUT2D eigenvalue weighted by atomic mass is 16.4. The molecule has 0 spiro atoms. The number of rotatable bonds is 4. The first-order chi connectivity index (χ1) is 8.06. The molecule has 1 fully saturated rings. The van der Waals surface area contributed by atoms with Crippen LogP contribution in [0.1, 0.15) is 36.7 Å². The smallest absolute Gasteiger partial charge is 0.373 e. The summed E-state index contributed by atoms with van der Waals surface area (Å²) >= 11 is 0. The van der Waals surface area contributed by atoms with E-state index in [0.717, 1.165) is 25.9 Å². The summed E-state index contributed by atoms with van der Waals surface area (Å²) < 4.78 is 5.17. The standard InChI is InChI=1S/C12H18N2O3/c1-8(2)14-4-3-9(7-14)5-11-13-6-10(17-11)12(15)16/h6,8-9H,3-5,7H2,1-2H3,(H,15,16). The van der Waals surface area contributed by atoms with Gasteiger partial charge in [-0.1, -0.05) is 0 Å². The van der Waals surface area contributed by atoms with E-state index in [9.17, 15) is 4.79 Å². The average Bonchev–Trinajstić information content (AvgIpc) is 2.87. The summed E-state index contributed by atoms with van der Waals surface area (Å²) in [6.45, 7) is 6.53. The summed E-state index contributed by atoms with van der Waals surface area (Å²) in [4.78, 5) is 17.1. The number of carbonyl (C=O) groups is 1. The number of hydrogen-bond donors (Lipinski definition) is 1. The highest BCUT2D eigenvalue weighted by Crippen LogP contribution is 2.22. The zero-order valence-electron chi connectivity index (χ0n) is 10.2. The van der Waals surface area contributed by atoms with Crippen molar-refractivity contribution in [3.63, 3.8) is 0 Å². The van der Waals surface area contributed by atoms with Crippen molar-refractivity contribution >= 4 is 5.97 Å². The first-order valence-electron chi connectivity index (χ1n) is 5.98. The first kappa shape index (κ1) is 12.1. The van der Waals surface area contributed by atoms with Crippen molar-refractivity contribution < 1.29 is 14.3 Å². The summed E-state index contributed by atoms with van der Waals surface area (Å²) in [5.74, 6) is -0.0617. The molecular weight excluding hydrogens is 220 g/mol. The Balaban J connectivity index is 1.91. The number of aromatic carboxylic acids is 1. The van der Waals surface area contributed by atoms with Gasteiger partial charge in [-0.25, -0.2) is 9.78 Å². The van der Waals surface area contributed by atoms with Crippen LogP contribution in [0.2, 0.25) is 0 Å². The van der Waals surface area contributed by atoms with Gasteiger partial charge in [0.25, 0.3) is 0 Å². The van der Waals surface area contributed by atoms with E-state index in [1.807, 2.05) is 0 Å². The minimum atomic E-state index is -1.06. The second-order valence-corrected chi connectivity index (χ2v) is 4.87. The van der Waals surface area contributed by atoms with Gasteiger partial charge in [-0.3, -0.25) is 0 Å². The summed E-state index contributed by atoms with van der Waals surface area (Å²) in [7, 11) is 0. The van der Waals surface area contributed by atoms with Gasteiger partial charge in [0.1, 0.15) is 0 Å². The van der Waals surface area contributed by atoms with E-state index in [4.69, 9.17) is 9.52 Å². The van der Waals surface area contributed by atoms with E-state index in [2.05, 4.69) is 23.7 Å². The largest absolute Gasteiger partial charge is 0.475 e. The maximum atomic E-state index is 10.7. The Hall–Kier alpha value is -1.36. The fourth-order valence-electron chi connectivity index (χ4n) is 2.25. The maximum absolute atomic E-state index is 10.7. The third-order valence-electron chi connectivity index (χ3n) is 3.28. The molecule has 1 aliphatic rings. The summed E-state index contributed by atoms with van der Waals surface area (Å²) in [5.41, 5.74) is 0. The van der Waals surface area contributed by atoms with Crippen LogP contribution in [0.15, 0.2) is 10.6 Å². The second kappa shape index (κ2) is 4.87. The number of carboxylic acid groups (broad SMARTS) is 1. The molecule has 0 amide bonds. The minimum absolute atomic E-state index is 0.0706. The van der Waals surface area contributed by atoms with E-state index in [0.29, 0.717) is 17.9 Å². The van der Waals surface area contributed by atoms with E-state index < -0.39 is 5.97 Å². The van der Waals surface area contributed by atoms with Crippen molar-refractivity contribution in [3.05, 3.63) is 17.8 Å². The Morgan fingerprint density at radius 2 is 2.47 bits per heavy atom. The molecule has 2 rings (SSSR count). The number of nitrogens with zero attached hydrogens (tertiary/aromatic N) is 2. The molecule has 2 heterocycles. The molecule has 0 aromatic carbocycles. The van der Waals surface area contributed by atoms with Gasteiger partial charge in [0, 0.05) is 19.0 Å². The molecule has 0 bridgehead atoms. The molecule has 1 aromatic heterocycles. The van der Waals surface area contributed by atoms with E-state index in [1.165, 1.54) is 6.20 Å². The number of aromatic nitrogens is 1. The SMILES string of the molecule is CC(C)N1CCC(Cc2ncc(C(=O)O)o2)C1. The molecule has 0 aliphatic carbocycles. The van der Waals surface area contributed by atoms with Crippen molar-refractivity contribution in [3.8, 4) is 0 Å². The summed E-state index contributed by atoms with van der Waals surface area (Å²) in [6.07, 6.45) is 3.15. The third kappa shape index (κ3) is 2.85. The van der Waals surface area contributed by atoms with Gasteiger partial charge in [-0.15, -0.1) is 0 Å². The molecule has 94 valence electrons. The predicted molar refractivity (Wildman–Crippen MR) is 62.0 cm³/mol. The average molecular weight is 238 g/mol. The molecule has 1 atom stereocenters. The fourth-order valence-corrected chi connectivity index (χ4v) is 2.25. The van der Waals surface area contributed by atoms with Gasteiger partial charge in [-0.2, -0.15) is 0 Å². The molecule has 5 heteroatoms. The van der Waals surface area contributed by atoms with Crippen LogP contribution in [0.5, 0.6) is 0 Å². The van der Waals surface area contributed by atoms with Crippen LogP contribution >= 0.6 is 0 Å². The Kier molecular flexibility index (Phi) is 3.47. The number of oxazole rings is 1. The lowest BCUT2D eigenvalue weighted by Crippen LogP contribution is -2.28. The summed E-state index contributed by atoms with van der Waals surface area (Å²) in [5, 5.41) is 8.73. The van der Waals surface area contributed by atoms with Crippen LogP contribution < -0.4 is 0 Å². The van der Waals surface area contributed by atoms with E-state index in [-0.39, 0.29) is 5.76 Å². The monoisotopic (exact) mass is 238 g/mol. The molecule has 1 unspecified atom stereocenters. The molecule has 0 radical (unpaired) electrons. The molecule has 5 nitrogen and oxygen atoms in total. The molecule has 1 aliphatic heterocycles. The second-order valence-electron chi connectivity index (χ2n) is 4.87. The number of hydrogen-bond acceptors (Lipinski definition) is 4. The van der Waals surface area contributed by atoms with Crippen molar-refractivity contribution in [1.29, 1.82) is 0 Å². The van der Waals surface area contributed by atoms with Gasteiger partial charge in [0.2, 0.25) is 5.76 Å². The lowest BCUT2D eigenvalue weighted by atomic mass is 10.1. The van der Waals surface area contributed by atoms with Crippen LogP contribution in [-0.2, 0) is 6.42 Å². The Labute approximate surface area is 100 Å². The normalized spacial score (nSPS) is 21.2. The number of likely N-dealkylation sites (tertiary alicyclic amines) is 1. The van der Waals surface area contributed by atoms with Crippen molar-refractivity contribution in [2.45, 2.75) is 32.7 Å². The minimum Gasteiger partial charge on any atom is -0.475 e. The molecule has 0 saturated carbocycles. The number of carboxylic acids is 1. The van der Waals surface area contributed by atoms with Gasteiger partial charge in [0.05, 0.1) is 6.20 Å². The fraction of sp³-hybridized carbons (Fsp3) is 0.667. The van der Waals surface area contributed by atoms with Gasteiger partial charge >= 0.3 is 5.97 Å². The van der Waals surface area contributed by atoms with Crippen molar-refractivity contribution in [2.75, 3.05) is 13.1 Å². The zero-order valence-corrected chi connectivity index (χ0v) is 10.2. The Bertz CT molecular complexity index is 400. The molecular formula is C12H18N2O3.